The van der Waals surface area contributed by atoms with Crippen LogP contribution in [0.2, 0.25) is 0 Å². The molecule has 3 nitrogen and oxygen atoms in total. The number of anilines is 3. The molecular weight excluding hydrogens is 1170 g/mol. The maximum absolute atomic E-state index is 4.19. The molecule has 2 N–H and O–H groups in total. The first kappa shape index (κ1) is 56.1. The first-order valence-electron chi connectivity index (χ1n) is 34.8. The SMILES string of the molecule is Cc1cc2c(c(-c3cc4c(c(-c5cccc6c5[nH]c5ccccc56)c3-c3c(C)c(C)cc5c3Cc3ccccc3-5)-c3c(c(N(c5c(C)c(C)cc6c5Cc5ccccc5-6)c5cccc6ccccc56)c(C)c(C)c3-c3cccc5c3[nH]c3ccccc35)C4)c1C)Cc1ccccc1-2. The molecule has 20 rings (SSSR count). The highest BCUT2D eigenvalue weighted by atomic mass is 15.2. The van der Waals surface area contributed by atoms with Crippen LogP contribution >= 0.6 is 0 Å². The molecule has 0 amide bonds. The van der Waals surface area contributed by atoms with Gasteiger partial charge in [-0.3, -0.25) is 0 Å². The fourth-order valence-corrected chi connectivity index (χ4v) is 18.7. The zero-order valence-corrected chi connectivity index (χ0v) is 56.1. The Kier molecular flexibility index (Phi) is 11.9. The molecule has 0 atom stereocenters. The van der Waals surface area contributed by atoms with Crippen molar-refractivity contribution in [2.45, 2.75) is 81.1 Å². The van der Waals surface area contributed by atoms with Crippen LogP contribution < -0.4 is 4.90 Å². The van der Waals surface area contributed by atoms with Crippen molar-refractivity contribution in [3.8, 4) is 89.0 Å². The van der Waals surface area contributed by atoms with Gasteiger partial charge in [0.2, 0.25) is 0 Å². The second kappa shape index (κ2) is 20.6. The van der Waals surface area contributed by atoms with Crippen LogP contribution in [0, 0.1) is 55.4 Å². The number of hydrogen-bond donors (Lipinski definition) is 2. The van der Waals surface area contributed by atoms with Crippen LogP contribution in [0.15, 0.2) is 224 Å². The summed E-state index contributed by atoms with van der Waals surface area (Å²) in [5.74, 6) is 0. The summed E-state index contributed by atoms with van der Waals surface area (Å²) in [7, 11) is 0. The molecule has 16 aromatic rings. The molecule has 4 aliphatic rings. The van der Waals surface area contributed by atoms with Crippen LogP contribution in [-0.4, -0.2) is 9.97 Å². The van der Waals surface area contributed by atoms with Gasteiger partial charge in [0, 0.05) is 67.5 Å². The standard InChI is InChI=1S/C94H71N3/c1-50-42-73-63-29-13-10-25-59(63)45-76(73)84(53(50)4)79-48-62-49-80-90(87(62)88(72-38-23-36-70-68-34-18-20-40-82(68)96-92(70)72)89(79)85-54(5)51(2)43-74-64-30-14-11-26-60(64)46-77(74)85)86(71-37-22-35-69-67-33-17-19-39-81(67)95-91(69)71)56(7)57(8)94(80)97(83-41-21-28-58-24-9-16-32-66(58)83)93-55(6)52(3)44-75-65-31-15-12-27-61(65)47-78(75)93/h9-44,48,95-96H,45-47,49H2,1-8H3. The molecule has 0 fully saturated rings. The Morgan fingerprint density at radius 1 is 0.258 bits per heavy atom. The Hall–Kier alpha value is -11.3. The molecule has 2 heterocycles. The number of benzene rings is 14. The third kappa shape index (κ3) is 7.80. The Morgan fingerprint density at radius 3 is 1.30 bits per heavy atom. The van der Waals surface area contributed by atoms with E-state index in [-0.39, 0.29) is 0 Å². The van der Waals surface area contributed by atoms with Gasteiger partial charge in [0.05, 0.1) is 28.1 Å². The topological polar surface area (TPSA) is 34.8 Å². The lowest BCUT2D eigenvalue weighted by Gasteiger charge is -2.35. The van der Waals surface area contributed by atoms with E-state index in [1.54, 1.807) is 0 Å². The number of aromatic nitrogens is 2. The Morgan fingerprint density at radius 2 is 0.691 bits per heavy atom. The number of rotatable bonds is 7. The molecule has 0 aliphatic heterocycles. The largest absolute Gasteiger partial charge is 0.354 e. The van der Waals surface area contributed by atoms with E-state index in [4.69, 9.17) is 0 Å². The Balaban J connectivity index is 1.02. The average Bonchev–Trinajstić information content (AvgIpc) is 1.60. The lowest BCUT2D eigenvalue weighted by atomic mass is 9.75. The summed E-state index contributed by atoms with van der Waals surface area (Å²) in [6, 6.07) is 86.0. The number of hydrogen-bond acceptors (Lipinski definition) is 1. The monoisotopic (exact) mass is 1240 g/mol. The van der Waals surface area contributed by atoms with Crippen molar-refractivity contribution < 1.29 is 0 Å². The molecule has 3 heteroatoms. The number of aromatic amines is 2. The zero-order chi connectivity index (χ0) is 65.0. The predicted octanol–water partition coefficient (Wildman–Crippen LogP) is 25.0. The summed E-state index contributed by atoms with van der Waals surface area (Å²) < 4.78 is 0. The number of H-pyrrole nitrogens is 2. The van der Waals surface area contributed by atoms with E-state index in [1.165, 1.54) is 227 Å². The highest BCUT2D eigenvalue weighted by Crippen LogP contribution is 2.63. The van der Waals surface area contributed by atoms with E-state index in [0.29, 0.717) is 6.42 Å². The number of aryl methyl sites for hydroxylation is 3. The number of para-hydroxylation sites is 4. The van der Waals surface area contributed by atoms with Gasteiger partial charge in [-0.2, -0.15) is 0 Å². The minimum atomic E-state index is 0.706. The third-order valence-corrected chi connectivity index (χ3v) is 23.6. The number of fused-ring (bicyclic) bond motifs is 19. The molecule has 2 aromatic heterocycles. The van der Waals surface area contributed by atoms with E-state index < -0.39 is 0 Å². The fraction of sp³-hybridized carbons (Fsp3) is 0.128. The molecule has 0 spiro atoms. The lowest BCUT2D eigenvalue weighted by Crippen LogP contribution is -2.18. The molecule has 462 valence electrons. The Bertz CT molecular complexity index is 6230. The highest BCUT2D eigenvalue weighted by molar-refractivity contribution is 6.21. The van der Waals surface area contributed by atoms with Gasteiger partial charge < -0.3 is 14.9 Å². The molecule has 0 saturated carbocycles. The summed E-state index contributed by atoms with van der Waals surface area (Å²) in [6.45, 7) is 19.2. The van der Waals surface area contributed by atoms with Gasteiger partial charge in [0.1, 0.15) is 0 Å². The normalized spacial score (nSPS) is 13.0. The molecule has 97 heavy (non-hydrogen) atoms. The van der Waals surface area contributed by atoms with Gasteiger partial charge in [-0.05, 0) is 259 Å². The van der Waals surface area contributed by atoms with E-state index in [2.05, 4.69) is 295 Å². The minimum absolute atomic E-state index is 0.706. The van der Waals surface area contributed by atoms with E-state index in [1.807, 2.05) is 0 Å². The van der Waals surface area contributed by atoms with Crippen molar-refractivity contribution in [3.05, 3.63) is 313 Å². The summed E-state index contributed by atoms with van der Waals surface area (Å²) in [5, 5.41) is 7.39. The van der Waals surface area contributed by atoms with Crippen molar-refractivity contribution in [1.82, 2.24) is 9.97 Å². The van der Waals surface area contributed by atoms with E-state index in [0.717, 1.165) is 41.3 Å². The van der Waals surface area contributed by atoms with Gasteiger partial charge in [0.25, 0.3) is 0 Å². The van der Waals surface area contributed by atoms with Crippen molar-refractivity contribution in [1.29, 1.82) is 0 Å². The number of nitrogens with zero attached hydrogens (tertiary/aromatic N) is 1. The molecule has 0 radical (unpaired) electrons. The maximum atomic E-state index is 4.19. The van der Waals surface area contributed by atoms with Crippen LogP contribution in [-0.2, 0) is 25.7 Å². The van der Waals surface area contributed by atoms with Crippen LogP contribution in [0.4, 0.5) is 17.1 Å². The average molecular weight is 1240 g/mol. The summed E-state index contributed by atoms with van der Waals surface area (Å²) in [4.78, 5) is 11.1. The van der Waals surface area contributed by atoms with E-state index >= 15 is 0 Å². The smallest absolute Gasteiger partial charge is 0.0544 e. The first-order valence-corrected chi connectivity index (χ1v) is 34.8. The minimum Gasteiger partial charge on any atom is -0.354 e. The number of nitrogens with one attached hydrogen (secondary N) is 2. The Labute approximate surface area is 566 Å². The van der Waals surface area contributed by atoms with Gasteiger partial charge in [-0.1, -0.05) is 200 Å². The molecule has 0 unspecified atom stereocenters. The quantitative estimate of drug-likeness (QED) is 0.164. The van der Waals surface area contributed by atoms with Gasteiger partial charge in [-0.15, -0.1) is 0 Å². The summed E-state index contributed by atoms with van der Waals surface area (Å²) >= 11 is 0. The third-order valence-electron chi connectivity index (χ3n) is 23.6. The molecular formula is C94H71N3. The van der Waals surface area contributed by atoms with Gasteiger partial charge in [-0.25, -0.2) is 0 Å². The summed E-state index contributed by atoms with van der Waals surface area (Å²) in [5.41, 5.74) is 51.0. The molecule has 14 aromatic carbocycles. The highest BCUT2D eigenvalue weighted by Gasteiger charge is 2.41. The van der Waals surface area contributed by atoms with Crippen molar-refractivity contribution in [2.24, 2.45) is 0 Å². The van der Waals surface area contributed by atoms with Crippen LogP contribution in [0.25, 0.3) is 143 Å². The van der Waals surface area contributed by atoms with Gasteiger partial charge in [0.15, 0.2) is 0 Å². The second-order valence-electron chi connectivity index (χ2n) is 28.5. The molecule has 0 saturated heterocycles. The second-order valence-corrected chi connectivity index (χ2v) is 28.5. The van der Waals surface area contributed by atoms with Crippen LogP contribution in [0.1, 0.15) is 89.0 Å². The predicted molar refractivity (Wildman–Crippen MR) is 410 cm³/mol. The summed E-state index contributed by atoms with van der Waals surface area (Å²) in [6.07, 6.45) is 3.27. The van der Waals surface area contributed by atoms with Gasteiger partial charge >= 0.3 is 0 Å². The van der Waals surface area contributed by atoms with Crippen LogP contribution in [0.3, 0.4) is 0 Å². The van der Waals surface area contributed by atoms with Crippen LogP contribution in [0.5, 0.6) is 0 Å². The first-order chi connectivity index (χ1) is 47.5. The van der Waals surface area contributed by atoms with Crippen molar-refractivity contribution in [3.63, 3.8) is 0 Å². The molecule has 0 bridgehead atoms. The fourth-order valence-electron chi connectivity index (χ4n) is 18.7. The van der Waals surface area contributed by atoms with E-state index in [9.17, 15) is 0 Å². The van der Waals surface area contributed by atoms with Crippen molar-refractivity contribution >= 4 is 71.4 Å². The lowest BCUT2D eigenvalue weighted by molar-refractivity contribution is 1.12. The molecule has 4 aliphatic carbocycles. The maximum Gasteiger partial charge on any atom is 0.0544 e. The van der Waals surface area contributed by atoms with Crippen molar-refractivity contribution in [2.75, 3.05) is 4.90 Å². The zero-order valence-electron chi connectivity index (χ0n) is 56.1.